The molecule has 0 spiro atoms. The van der Waals surface area contributed by atoms with Gasteiger partial charge in [0.25, 0.3) is 5.56 Å². The van der Waals surface area contributed by atoms with E-state index in [2.05, 4.69) is 34.1 Å². The van der Waals surface area contributed by atoms with Gasteiger partial charge in [-0.25, -0.2) is 9.78 Å². The first-order valence-corrected chi connectivity index (χ1v) is 10.5. The quantitative estimate of drug-likeness (QED) is 0.568. The Labute approximate surface area is 173 Å². The molecule has 1 aliphatic rings. The maximum Gasteiger partial charge on any atom is 0.329 e. The number of likely N-dealkylation sites (tertiary alicyclic amines) is 1. The van der Waals surface area contributed by atoms with Crippen molar-refractivity contribution in [2.45, 2.75) is 32.4 Å². The van der Waals surface area contributed by atoms with E-state index in [4.69, 9.17) is 4.98 Å². The van der Waals surface area contributed by atoms with Crippen LogP contribution in [0.1, 0.15) is 30.7 Å². The minimum Gasteiger partial charge on any atom is -0.317 e. The number of imidazole rings is 1. The molecule has 0 amide bonds. The van der Waals surface area contributed by atoms with Crippen LogP contribution in [0.3, 0.4) is 0 Å². The van der Waals surface area contributed by atoms with E-state index in [0.29, 0.717) is 24.3 Å². The molecule has 5 rings (SSSR count). The Kier molecular flexibility index (Phi) is 4.75. The second kappa shape index (κ2) is 7.57. The summed E-state index contributed by atoms with van der Waals surface area (Å²) >= 11 is 0. The molecule has 7 nitrogen and oxygen atoms in total. The Bertz CT molecular complexity index is 1340. The van der Waals surface area contributed by atoms with E-state index in [1.807, 2.05) is 22.8 Å². The first kappa shape index (κ1) is 18.8. The Balaban J connectivity index is 1.68. The number of aromatic nitrogens is 4. The van der Waals surface area contributed by atoms with Gasteiger partial charge in [0.05, 0.1) is 13.1 Å². The molecular formula is C23H25N5O2. The molecule has 4 aromatic rings. The third-order valence-corrected chi connectivity index (χ3v) is 6.11. The smallest absolute Gasteiger partial charge is 0.317 e. The zero-order chi connectivity index (χ0) is 20.7. The van der Waals surface area contributed by atoms with Crippen molar-refractivity contribution in [1.82, 2.24) is 24.0 Å². The molecule has 1 N–H and O–H groups in total. The van der Waals surface area contributed by atoms with Crippen molar-refractivity contribution in [3.8, 4) is 0 Å². The van der Waals surface area contributed by atoms with Crippen LogP contribution in [-0.2, 0) is 20.1 Å². The molecule has 30 heavy (non-hydrogen) atoms. The SMILES string of the molecule is Cn1c(=O)[nH]c(=O)c2c1nc(CN1CCCCC1)n2Cc1cccc2ccccc12. The van der Waals surface area contributed by atoms with Gasteiger partial charge in [0, 0.05) is 7.05 Å². The van der Waals surface area contributed by atoms with Crippen LogP contribution in [0.2, 0.25) is 0 Å². The van der Waals surface area contributed by atoms with Crippen LogP contribution in [0, 0.1) is 0 Å². The minimum absolute atomic E-state index is 0.384. The molecule has 0 saturated carbocycles. The third kappa shape index (κ3) is 3.25. The molecule has 3 heterocycles. The number of aromatic amines is 1. The third-order valence-electron chi connectivity index (χ3n) is 6.11. The minimum atomic E-state index is -0.438. The van der Waals surface area contributed by atoms with Crippen molar-refractivity contribution in [2.75, 3.05) is 13.1 Å². The summed E-state index contributed by atoms with van der Waals surface area (Å²) in [5.74, 6) is 0.825. The van der Waals surface area contributed by atoms with E-state index in [1.165, 1.54) is 29.2 Å². The zero-order valence-corrected chi connectivity index (χ0v) is 17.1. The summed E-state index contributed by atoms with van der Waals surface area (Å²) in [4.78, 5) is 34.5. The van der Waals surface area contributed by atoms with Crippen molar-refractivity contribution in [1.29, 1.82) is 0 Å². The molecular weight excluding hydrogens is 378 g/mol. The van der Waals surface area contributed by atoms with E-state index in [1.54, 1.807) is 7.05 Å². The number of piperidine rings is 1. The first-order valence-electron chi connectivity index (χ1n) is 10.5. The second-order valence-electron chi connectivity index (χ2n) is 8.08. The fourth-order valence-corrected chi connectivity index (χ4v) is 4.49. The van der Waals surface area contributed by atoms with Crippen LogP contribution >= 0.6 is 0 Å². The molecule has 0 radical (unpaired) electrons. The normalized spacial score (nSPS) is 15.2. The van der Waals surface area contributed by atoms with Crippen molar-refractivity contribution in [3.63, 3.8) is 0 Å². The van der Waals surface area contributed by atoms with E-state index >= 15 is 0 Å². The van der Waals surface area contributed by atoms with Gasteiger partial charge >= 0.3 is 5.69 Å². The number of aryl methyl sites for hydroxylation is 1. The number of nitrogens with zero attached hydrogens (tertiary/aromatic N) is 4. The van der Waals surface area contributed by atoms with Gasteiger partial charge in [0.15, 0.2) is 11.2 Å². The molecule has 0 atom stereocenters. The maximum atomic E-state index is 12.8. The van der Waals surface area contributed by atoms with Crippen molar-refractivity contribution in [2.24, 2.45) is 7.05 Å². The van der Waals surface area contributed by atoms with Gasteiger partial charge in [0.1, 0.15) is 5.82 Å². The van der Waals surface area contributed by atoms with E-state index in [-0.39, 0.29) is 5.56 Å². The molecule has 154 valence electrons. The number of H-pyrrole nitrogens is 1. The average Bonchev–Trinajstić information content (AvgIpc) is 3.11. The van der Waals surface area contributed by atoms with Gasteiger partial charge < -0.3 is 4.57 Å². The monoisotopic (exact) mass is 403 g/mol. The first-order chi connectivity index (χ1) is 14.6. The highest BCUT2D eigenvalue weighted by Crippen LogP contribution is 2.23. The van der Waals surface area contributed by atoms with Gasteiger partial charge in [-0.05, 0) is 42.3 Å². The van der Waals surface area contributed by atoms with Crippen molar-refractivity contribution in [3.05, 3.63) is 74.7 Å². The predicted octanol–water partition coefficient (Wildman–Crippen LogP) is 2.61. The zero-order valence-electron chi connectivity index (χ0n) is 17.1. The standard InChI is InChI=1S/C23H25N5O2/c1-26-21-20(22(29)25-23(26)30)28(19(24-21)15-27-12-5-2-6-13-27)14-17-10-7-9-16-8-3-4-11-18(16)17/h3-4,7-11H,2,5-6,12-15H2,1H3,(H,25,29,30). The topological polar surface area (TPSA) is 75.9 Å². The lowest BCUT2D eigenvalue weighted by Crippen LogP contribution is -2.31. The van der Waals surface area contributed by atoms with E-state index in [0.717, 1.165) is 29.9 Å². The van der Waals surface area contributed by atoms with Gasteiger partial charge in [-0.2, -0.15) is 0 Å². The molecule has 1 saturated heterocycles. The molecule has 2 aromatic heterocycles. The lowest BCUT2D eigenvalue weighted by Gasteiger charge is -2.26. The highest BCUT2D eigenvalue weighted by atomic mass is 16.2. The fraction of sp³-hybridized carbons (Fsp3) is 0.348. The number of rotatable bonds is 4. The maximum absolute atomic E-state index is 12.8. The Morgan fingerprint density at radius 2 is 1.73 bits per heavy atom. The van der Waals surface area contributed by atoms with Gasteiger partial charge in [-0.1, -0.05) is 48.9 Å². The molecule has 1 fully saturated rings. The molecule has 0 unspecified atom stereocenters. The van der Waals surface area contributed by atoms with Crippen molar-refractivity contribution < 1.29 is 0 Å². The molecule has 2 aromatic carbocycles. The summed E-state index contributed by atoms with van der Waals surface area (Å²) in [6.45, 7) is 3.27. The number of hydrogen-bond donors (Lipinski definition) is 1. The van der Waals surface area contributed by atoms with E-state index in [9.17, 15) is 9.59 Å². The Hall–Kier alpha value is -3.19. The van der Waals surface area contributed by atoms with Crippen LogP contribution in [0.5, 0.6) is 0 Å². The number of benzene rings is 2. The van der Waals surface area contributed by atoms with Gasteiger partial charge in [-0.3, -0.25) is 19.2 Å². The predicted molar refractivity (Wildman–Crippen MR) is 118 cm³/mol. The number of nitrogens with one attached hydrogen (secondary N) is 1. The van der Waals surface area contributed by atoms with Crippen LogP contribution in [0.4, 0.5) is 0 Å². The highest BCUT2D eigenvalue weighted by Gasteiger charge is 2.21. The molecule has 1 aliphatic heterocycles. The summed E-state index contributed by atoms with van der Waals surface area (Å²) in [5.41, 5.74) is 1.20. The highest BCUT2D eigenvalue weighted by molar-refractivity contribution is 5.85. The van der Waals surface area contributed by atoms with Gasteiger partial charge in [-0.15, -0.1) is 0 Å². The van der Waals surface area contributed by atoms with Crippen LogP contribution in [-0.4, -0.2) is 37.1 Å². The largest absolute Gasteiger partial charge is 0.329 e. The second-order valence-corrected chi connectivity index (χ2v) is 8.08. The Morgan fingerprint density at radius 3 is 2.57 bits per heavy atom. The lowest BCUT2D eigenvalue weighted by molar-refractivity contribution is 0.214. The number of hydrogen-bond acceptors (Lipinski definition) is 4. The summed E-state index contributed by atoms with van der Waals surface area (Å²) in [7, 11) is 1.65. The molecule has 7 heteroatoms. The molecule has 0 bridgehead atoms. The van der Waals surface area contributed by atoms with Crippen LogP contribution < -0.4 is 11.2 Å². The molecule has 0 aliphatic carbocycles. The summed E-state index contributed by atoms with van der Waals surface area (Å²) in [6, 6.07) is 14.5. The average molecular weight is 403 g/mol. The van der Waals surface area contributed by atoms with E-state index < -0.39 is 5.69 Å². The number of fused-ring (bicyclic) bond motifs is 2. The van der Waals surface area contributed by atoms with Crippen molar-refractivity contribution >= 4 is 21.9 Å². The fourth-order valence-electron chi connectivity index (χ4n) is 4.49. The lowest BCUT2D eigenvalue weighted by atomic mass is 10.0. The summed E-state index contributed by atoms with van der Waals surface area (Å²) in [5, 5.41) is 2.32. The van der Waals surface area contributed by atoms with Gasteiger partial charge in [0.2, 0.25) is 0 Å². The van der Waals surface area contributed by atoms with Crippen LogP contribution in [0.25, 0.3) is 21.9 Å². The Morgan fingerprint density at radius 1 is 0.967 bits per heavy atom. The summed E-state index contributed by atoms with van der Waals surface area (Å²) < 4.78 is 3.42. The summed E-state index contributed by atoms with van der Waals surface area (Å²) in [6.07, 6.45) is 3.63. The van der Waals surface area contributed by atoms with Crippen LogP contribution in [0.15, 0.2) is 52.1 Å².